The molecular formula is C21H17FN4O4S. The van der Waals surface area contributed by atoms with E-state index in [1.165, 1.54) is 17.4 Å². The molecule has 1 unspecified atom stereocenters. The Morgan fingerprint density at radius 1 is 1.23 bits per heavy atom. The van der Waals surface area contributed by atoms with E-state index in [1.807, 2.05) is 29.6 Å². The van der Waals surface area contributed by atoms with E-state index < -0.39 is 28.5 Å². The lowest BCUT2D eigenvalue weighted by Gasteiger charge is -2.28. The molecule has 2 heterocycles. The number of amides is 2. The Bertz CT molecular complexity index is 1210. The van der Waals surface area contributed by atoms with Gasteiger partial charge in [0.15, 0.2) is 0 Å². The van der Waals surface area contributed by atoms with Gasteiger partial charge in [0, 0.05) is 28.3 Å². The summed E-state index contributed by atoms with van der Waals surface area (Å²) in [6.07, 6.45) is 0. The average Bonchev–Trinajstić information content (AvgIpc) is 3.23. The summed E-state index contributed by atoms with van der Waals surface area (Å²) >= 11 is 1.38. The van der Waals surface area contributed by atoms with Crippen molar-refractivity contribution in [3.05, 3.63) is 80.0 Å². The summed E-state index contributed by atoms with van der Waals surface area (Å²) in [5.41, 5.74) is 2.59. The number of hydrogen-bond donors (Lipinski definition) is 2. The number of thiazole rings is 1. The minimum absolute atomic E-state index is 0.387. The lowest BCUT2D eigenvalue weighted by atomic mass is 9.95. The third-order valence-corrected chi connectivity index (χ3v) is 5.77. The van der Waals surface area contributed by atoms with Gasteiger partial charge >= 0.3 is 11.7 Å². The van der Waals surface area contributed by atoms with Crippen molar-refractivity contribution in [3.63, 3.8) is 0 Å². The van der Waals surface area contributed by atoms with Crippen molar-refractivity contribution in [3.8, 4) is 17.0 Å². The van der Waals surface area contributed by atoms with E-state index in [2.05, 4.69) is 10.6 Å². The molecule has 2 N–H and O–H groups in total. The van der Waals surface area contributed by atoms with E-state index in [9.17, 15) is 19.3 Å². The van der Waals surface area contributed by atoms with Crippen molar-refractivity contribution in [2.24, 2.45) is 0 Å². The number of benzene rings is 2. The molecule has 0 fully saturated rings. The van der Waals surface area contributed by atoms with Crippen LogP contribution in [0.15, 0.2) is 53.5 Å². The maximum absolute atomic E-state index is 13.8. The Morgan fingerprint density at radius 2 is 1.97 bits per heavy atom. The molecule has 8 nitrogen and oxygen atoms in total. The summed E-state index contributed by atoms with van der Waals surface area (Å²) in [5, 5.41) is 19.2. The molecule has 1 atom stereocenters. The van der Waals surface area contributed by atoms with Crippen molar-refractivity contribution in [2.75, 3.05) is 7.11 Å². The summed E-state index contributed by atoms with van der Waals surface area (Å²) in [6, 6.07) is 9.86. The minimum atomic E-state index is -0.938. The number of nitro benzene ring substituents is 1. The summed E-state index contributed by atoms with van der Waals surface area (Å²) in [5.74, 6) is -0.206. The van der Waals surface area contributed by atoms with Gasteiger partial charge in [-0.3, -0.25) is 10.1 Å². The molecule has 0 saturated heterocycles. The number of carbonyl (C=O) groups excluding carboxylic acids is 1. The second-order valence-corrected chi connectivity index (χ2v) is 7.66. The second-order valence-electron chi connectivity index (χ2n) is 6.80. The number of nitrogens with zero attached hydrogens (tertiary/aromatic N) is 2. The maximum atomic E-state index is 13.8. The first-order chi connectivity index (χ1) is 14.9. The van der Waals surface area contributed by atoms with Crippen molar-refractivity contribution < 1.29 is 18.8 Å². The summed E-state index contributed by atoms with van der Waals surface area (Å²) in [7, 11) is 1.59. The third-order valence-electron chi connectivity index (χ3n) is 4.89. The molecule has 1 aliphatic heterocycles. The van der Waals surface area contributed by atoms with Gasteiger partial charge < -0.3 is 15.4 Å². The molecule has 0 aliphatic carbocycles. The molecular weight excluding hydrogens is 423 g/mol. The van der Waals surface area contributed by atoms with Crippen LogP contribution in [0.5, 0.6) is 5.75 Å². The zero-order valence-corrected chi connectivity index (χ0v) is 17.3. The number of allylic oxidation sites excluding steroid dienone is 1. The van der Waals surface area contributed by atoms with Gasteiger partial charge in [0.25, 0.3) is 0 Å². The molecule has 4 rings (SSSR count). The molecule has 1 aliphatic rings. The van der Waals surface area contributed by atoms with Crippen LogP contribution in [0.3, 0.4) is 0 Å². The van der Waals surface area contributed by atoms with Crippen LogP contribution in [-0.2, 0) is 0 Å². The van der Waals surface area contributed by atoms with Gasteiger partial charge in [-0.2, -0.15) is 4.39 Å². The molecule has 0 radical (unpaired) electrons. The average molecular weight is 440 g/mol. The fourth-order valence-electron chi connectivity index (χ4n) is 3.37. The van der Waals surface area contributed by atoms with Crippen LogP contribution in [0.4, 0.5) is 14.9 Å². The Hall–Kier alpha value is -3.79. The monoisotopic (exact) mass is 440 g/mol. The molecule has 3 aromatic rings. The Kier molecular flexibility index (Phi) is 5.38. The number of methoxy groups -OCH3 is 1. The summed E-state index contributed by atoms with van der Waals surface area (Å²) in [4.78, 5) is 27.2. The highest BCUT2D eigenvalue weighted by molar-refractivity contribution is 7.11. The highest BCUT2D eigenvalue weighted by atomic mass is 32.1. The number of carbonyl (C=O) groups is 1. The predicted molar refractivity (Wildman–Crippen MR) is 114 cm³/mol. The number of nitro groups is 1. The van der Waals surface area contributed by atoms with Crippen molar-refractivity contribution >= 4 is 28.6 Å². The molecule has 158 valence electrons. The fraction of sp³-hybridized carbons (Fsp3) is 0.143. The van der Waals surface area contributed by atoms with Crippen LogP contribution in [0, 0.1) is 15.9 Å². The number of rotatable bonds is 5. The van der Waals surface area contributed by atoms with Gasteiger partial charge in [-0.05, 0) is 42.8 Å². The molecule has 0 spiro atoms. The molecule has 1 aromatic heterocycles. The number of nitrogens with one attached hydrogen (secondary N) is 2. The quantitative estimate of drug-likeness (QED) is 0.444. The molecule has 0 saturated carbocycles. The van der Waals surface area contributed by atoms with Gasteiger partial charge in [0.1, 0.15) is 10.8 Å². The van der Waals surface area contributed by atoms with Crippen LogP contribution in [0.25, 0.3) is 16.8 Å². The zero-order valence-electron chi connectivity index (χ0n) is 16.5. The standard InChI is InChI=1S/C21H17FN4O4S/c1-11-18(20-24-16(10-31-20)12-3-6-14(30-2)7-4-12)19(25-21(27)23-11)13-5-8-15(22)17(9-13)26(28)29/h3-10,19H,1-2H3,(H2,23,25,27). The number of hydrogen-bond acceptors (Lipinski definition) is 6. The van der Waals surface area contributed by atoms with E-state index >= 15 is 0 Å². The van der Waals surface area contributed by atoms with Crippen LogP contribution in [-0.4, -0.2) is 23.0 Å². The Labute approximate surface area is 180 Å². The highest BCUT2D eigenvalue weighted by Gasteiger charge is 2.31. The summed E-state index contributed by atoms with van der Waals surface area (Å²) < 4.78 is 19.0. The van der Waals surface area contributed by atoms with Crippen LogP contribution in [0.2, 0.25) is 0 Å². The third kappa shape index (κ3) is 3.97. The lowest BCUT2D eigenvalue weighted by Crippen LogP contribution is -2.42. The zero-order chi connectivity index (χ0) is 22.1. The predicted octanol–water partition coefficient (Wildman–Crippen LogP) is 4.65. The SMILES string of the molecule is COc1ccc(-c2csc(C3=C(C)NC(=O)NC3c3ccc(F)c([N+](=O)[O-])c3)n2)cc1. The Morgan fingerprint density at radius 3 is 2.65 bits per heavy atom. The smallest absolute Gasteiger partial charge is 0.319 e. The lowest BCUT2D eigenvalue weighted by molar-refractivity contribution is -0.387. The molecule has 31 heavy (non-hydrogen) atoms. The first-order valence-corrected chi connectivity index (χ1v) is 10.1. The minimum Gasteiger partial charge on any atom is -0.497 e. The number of aromatic nitrogens is 1. The summed E-state index contributed by atoms with van der Waals surface area (Å²) in [6.45, 7) is 1.73. The number of halogens is 1. The number of ether oxygens (including phenoxy) is 1. The molecule has 10 heteroatoms. The molecule has 2 aromatic carbocycles. The van der Waals surface area contributed by atoms with Crippen LogP contribution in [0.1, 0.15) is 23.5 Å². The Balaban J connectivity index is 1.75. The topological polar surface area (TPSA) is 106 Å². The highest BCUT2D eigenvalue weighted by Crippen LogP contribution is 2.38. The van der Waals surface area contributed by atoms with E-state index in [4.69, 9.17) is 9.72 Å². The van der Waals surface area contributed by atoms with E-state index in [0.717, 1.165) is 29.1 Å². The normalized spacial score (nSPS) is 16.0. The van der Waals surface area contributed by atoms with Crippen LogP contribution < -0.4 is 15.4 Å². The van der Waals surface area contributed by atoms with Gasteiger partial charge in [-0.15, -0.1) is 11.3 Å². The van der Waals surface area contributed by atoms with Crippen molar-refractivity contribution in [2.45, 2.75) is 13.0 Å². The second kappa shape index (κ2) is 8.15. The molecule has 2 amide bonds. The van der Waals surface area contributed by atoms with Crippen LogP contribution >= 0.6 is 11.3 Å². The van der Waals surface area contributed by atoms with Crippen molar-refractivity contribution in [1.82, 2.24) is 15.6 Å². The van der Waals surface area contributed by atoms with Gasteiger partial charge in [0.2, 0.25) is 5.82 Å². The van der Waals surface area contributed by atoms with Gasteiger partial charge in [0.05, 0.1) is 23.8 Å². The first-order valence-electron chi connectivity index (χ1n) is 9.20. The van der Waals surface area contributed by atoms with Crippen molar-refractivity contribution in [1.29, 1.82) is 0 Å². The fourth-order valence-corrected chi connectivity index (χ4v) is 4.33. The van der Waals surface area contributed by atoms with E-state index in [1.54, 1.807) is 14.0 Å². The van der Waals surface area contributed by atoms with E-state index in [0.29, 0.717) is 21.8 Å². The largest absolute Gasteiger partial charge is 0.497 e. The number of urea groups is 1. The van der Waals surface area contributed by atoms with E-state index in [-0.39, 0.29) is 0 Å². The maximum Gasteiger partial charge on any atom is 0.319 e. The molecule has 0 bridgehead atoms. The first kappa shape index (κ1) is 20.5. The van der Waals surface area contributed by atoms with Gasteiger partial charge in [-0.1, -0.05) is 6.07 Å². The van der Waals surface area contributed by atoms with Gasteiger partial charge in [-0.25, -0.2) is 9.78 Å².